The molecule has 1 saturated heterocycles. The van der Waals surface area contributed by atoms with Crippen LogP contribution < -0.4 is 16.0 Å². The number of alkyl carbamates (subject to hydrolysis) is 1. The van der Waals surface area contributed by atoms with Gasteiger partial charge in [0.15, 0.2) is 0 Å². The van der Waals surface area contributed by atoms with E-state index in [0.29, 0.717) is 41.2 Å². The molecule has 1 aliphatic carbocycles. The molecule has 10 heteroatoms. The molecule has 0 spiro atoms. The van der Waals surface area contributed by atoms with Gasteiger partial charge >= 0.3 is 6.09 Å². The highest BCUT2D eigenvalue weighted by atomic mass is 35.5. The lowest BCUT2D eigenvalue weighted by molar-refractivity contribution is -0.127. The highest BCUT2D eigenvalue weighted by molar-refractivity contribution is 6.30. The summed E-state index contributed by atoms with van der Waals surface area (Å²) in [6, 6.07) is 12.6. The molecule has 1 saturated carbocycles. The van der Waals surface area contributed by atoms with Gasteiger partial charge < -0.3 is 25.5 Å². The van der Waals surface area contributed by atoms with Gasteiger partial charge in [-0.05, 0) is 74.4 Å². The molecule has 2 fully saturated rings. The van der Waals surface area contributed by atoms with E-state index < -0.39 is 30.2 Å². The highest BCUT2D eigenvalue weighted by Gasteiger charge is 2.39. The fourth-order valence-corrected chi connectivity index (χ4v) is 6.64. The van der Waals surface area contributed by atoms with E-state index in [9.17, 15) is 19.2 Å². The summed E-state index contributed by atoms with van der Waals surface area (Å²) in [6.07, 6.45) is 6.00. The normalized spacial score (nSPS) is 20.4. The predicted octanol–water partition coefficient (Wildman–Crippen LogP) is 6.33. The smallest absolute Gasteiger partial charge is 0.408 e. The van der Waals surface area contributed by atoms with Crippen molar-refractivity contribution in [3.8, 4) is 0 Å². The second kappa shape index (κ2) is 15.1. The monoisotopic (exact) mass is 629 g/mol. The maximum Gasteiger partial charge on any atom is 0.408 e. The summed E-state index contributed by atoms with van der Waals surface area (Å²) in [6.45, 7) is 3.86. The molecule has 43 heavy (non-hydrogen) atoms. The van der Waals surface area contributed by atoms with E-state index in [1.807, 2.05) is 38.1 Å². The quantitative estimate of drug-likeness (QED) is 0.237. The first-order valence-electron chi connectivity index (χ1n) is 15.1. The van der Waals surface area contributed by atoms with Crippen molar-refractivity contribution in [3.05, 3.63) is 69.7 Å². The van der Waals surface area contributed by atoms with E-state index in [2.05, 4.69) is 16.0 Å². The van der Waals surface area contributed by atoms with Crippen molar-refractivity contribution in [2.45, 2.75) is 95.4 Å². The minimum atomic E-state index is -0.905. The molecule has 2 aliphatic rings. The largest absolute Gasteiger partial charge is 0.441 e. The molecule has 0 aromatic heterocycles. The SMILES string of the molecule is CC1(C)CC(CC(C=O)NC(=O)[C@H](CC2CCCCC2)NC(=O)OC(Cc2cccc(Cl)c2)c2cccc(Cl)c2)C(=O)N1. The number of halogens is 2. The number of carbonyl (C=O) groups is 4. The lowest BCUT2D eigenvalue weighted by Crippen LogP contribution is -2.51. The summed E-state index contributed by atoms with van der Waals surface area (Å²) in [5, 5.41) is 9.58. The van der Waals surface area contributed by atoms with Gasteiger partial charge in [-0.25, -0.2) is 4.79 Å². The second-order valence-corrected chi connectivity index (χ2v) is 13.4. The lowest BCUT2D eigenvalue weighted by atomic mass is 9.84. The van der Waals surface area contributed by atoms with Crippen LogP contribution in [0, 0.1) is 11.8 Å². The summed E-state index contributed by atoms with van der Waals surface area (Å²) < 4.78 is 5.93. The van der Waals surface area contributed by atoms with Crippen molar-refractivity contribution in [2.24, 2.45) is 11.8 Å². The zero-order chi connectivity index (χ0) is 31.0. The van der Waals surface area contributed by atoms with Crippen LogP contribution in [0.2, 0.25) is 10.0 Å². The molecule has 8 nitrogen and oxygen atoms in total. The molecule has 4 atom stereocenters. The number of carbonyl (C=O) groups excluding carboxylic acids is 4. The maximum absolute atomic E-state index is 13.6. The van der Waals surface area contributed by atoms with Crippen LogP contribution >= 0.6 is 23.2 Å². The third-order valence-electron chi connectivity index (χ3n) is 8.30. The molecule has 1 aliphatic heterocycles. The average Bonchev–Trinajstić information content (AvgIpc) is 3.22. The Morgan fingerprint density at radius 1 is 1.02 bits per heavy atom. The fraction of sp³-hybridized carbons (Fsp3) is 0.515. The molecule has 0 bridgehead atoms. The lowest BCUT2D eigenvalue weighted by Gasteiger charge is -2.28. The Hall–Kier alpha value is -3.10. The van der Waals surface area contributed by atoms with E-state index >= 15 is 0 Å². The molecule has 1 heterocycles. The summed E-state index contributed by atoms with van der Waals surface area (Å²) >= 11 is 12.4. The summed E-state index contributed by atoms with van der Waals surface area (Å²) in [5.41, 5.74) is 1.21. The van der Waals surface area contributed by atoms with Crippen LogP contribution in [-0.4, -0.2) is 41.8 Å². The van der Waals surface area contributed by atoms with Crippen molar-refractivity contribution in [1.29, 1.82) is 0 Å². The van der Waals surface area contributed by atoms with Gasteiger partial charge in [-0.1, -0.05) is 79.6 Å². The van der Waals surface area contributed by atoms with Gasteiger partial charge in [-0.3, -0.25) is 9.59 Å². The third-order valence-corrected chi connectivity index (χ3v) is 8.77. The topological polar surface area (TPSA) is 114 Å². The van der Waals surface area contributed by atoms with Crippen molar-refractivity contribution < 1.29 is 23.9 Å². The molecule has 0 radical (unpaired) electrons. The number of hydrogen-bond acceptors (Lipinski definition) is 5. The van der Waals surface area contributed by atoms with Crippen LogP contribution in [0.5, 0.6) is 0 Å². The van der Waals surface area contributed by atoms with Crippen LogP contribution in [0.1, 0.15) is 82.4 Å². The average molecular weight is 631 g/mol. The minimum absolute atomic E-state index is 0.127. The van der Waals surface area contributed by atoms with Crippen LogP contribution in [0.4, 0.5) is 4.79 Å². The molecule has 3 unspecified atom stereocenters. The number of ether oxygens (including phenoxy) is 1. The van der Waals surface area contributed by atoms with Crippen molar-refractivity contribution in [1.82, 2.24) is 16.0 Å². The number of rotatable bonds is 12. The Balaban J connectivity index is 1.47. The summed E-state index contributed by atoms with van der Waals surface area (Å²) in [4.78, 5) is 51.3. The van der Waals surface area contributed by atoms with Crippen molar-refractivity contribution >= 4 is 47.4 Å². The molecule has 232 valence electrons. The zero-order valence-electron chi connectivity index (χ0n) is 24.7. The van der Waals surface area contributed by atoms with Gasteiger partial charge in [0.05, 0.1) is 6.04 Å². The van der Waals surface area contributed by atoms with Gasteiger partial charge in [0.25, 0.3) is 0 Å². The summed E-state index contributed by atoms with van der Waals surface area (Å²) in [7, 11) is 0. The van der Waals surface area contributed by atoms with Crippen LogP contribution in [0.15, 0.2) is 48.5 Å². The van der Waals surface area contributed by atoms with Gasteiger partial charge in [0, 0.05) is 27.9 Å². The van der Waals surface area contributed by atoms with Crippen LogP contribution in [0.25, 0.3) is 0 Å². The first-order chi connectivity index (χ1) is 20.5. The summed E-state index contributed by atoms with van der Waals surface area (Å²) in [5.74, 6) is -0.717. The Bertz CT molecular complexity index is 1300. The molecule has 4 rings (SSSR count). The first-order valence-corrected chi connectivity index (χ1v) is 15.8. The third kappa shape index (κ3) is 9.97. The van der Waals surface area contributed by atoms with Gasteiger partial charge in [0.2, 0.25) is 11.8 Å². The van der Waals surface area contributed by atoms with E-state index in [4.69, 9.17) is 27.9 Å². The number of nitrogens with one attached hydrogen (secondary N) is 3. The first kappa shape index (κ1) is 32.8. The molecule has 2 aromatic rings. The molecule has 2 aromatic carbocycles. The maximum atomic E-state index is 13.6. The van der Waals surface area contributed by atoms with Crippen LogP contribution in [-0.2, 0) is 25.5 Å². The Morgan fingerprint density at radius 2 is 1.72 bits per heavy atom. The molecule has 3 N–H and O–H groups in total. The molecular formula is C33H41Cl2N3O5. The van der Waals surface area contributed by atoms with E-state index in [-0.39, 0.29) is 29.7 Å². The van der Waals surface area contributed by atoms with Crippen molar-refractivity contribution in [2.75, 3.05) is 0 Å². The number of hydrogen-bond donors (Lipinski definition) is 3. The number of aldehydes is 1. The molecule has 3 amide bonds. The predicted molar refractivity (Wildman–Crippen MR) is 167 cm³/mol. The van der Waals surface area contributed by atoms with Gasteiger partial charge in [-0.15, -0.1) is 0 Å². The standard InChI is InChI=1S/C33H41Cl2N3O5/c1-33(2)19-24(30(40)38-33)18-27(20-39)36-31(41)28(15-21-8-4-3-5-9-21)37-32(42)43-29(23-11-7-13-26(35)17-23)16-22-10-6-12-25(34)14-22/h6-7,10-14,17,20-21,24,27-29H,3-5,8-9,15-16,18-19H2,1-2H3,(H,36,41)(H,37,42)(H,38,40)/t24?,27?,28-,29?/m0/s1. The zero-order valence-corrected chi connectivity index (χ0v) is 26.3. The minimum Gasteiger partial charge on any atom is -0.441 e. The van der Waals surface area contributed by atoms with Crippen molar-refractivity contribution in [3.63, 3.8) is 0 Å². The highest BCUT2D eigenvalue weighted by Crippen LogP contribution is 2.30. The number of amides is 3. The van der Waals surface area contributed by atoms with Gasteiger partial charge in [-0.2, -0.15) is 0 Å². The fourth-order valence-electron chi connectivity index (χ4n) is 6.23. The van der Waals surface area contributed by atoms with E-state index in [0.717, 1.165) is 37.7 Å². The van der Waals surface area contributed by atoms with E-state index in [1.165, 1.54) is 0 Å². The van der Waals surface area contributed by atoms with Gasteiger partial charge in [0.1, 0.15) is 18.4 Å². The van der Waals surface area contributed by atoms with E-state index in [1.54, 1.807) is 24.3 Å². The second-order valence-electron chi connectivity index (χ2n) is 12.5. The Morgan fingerprint density at radius 3 is 2.35 bits per heavy atom. The Kier molecular flexibility index (Phi) is 11.5. The Labute approximate surface area is 263 Å². The van der Waals surface area contributed by atoms with Crippen LogP contribution in [0.3, 0.4) is 0 Å². The number of benzene rings is 2. The molecular weight excluding hydrogens is 589 g/mol.